The number of carbonyl (C=O) groups excluding carboxylic acids is 3. The third-order valence-corrected chi connectivity index (χ3v) is 7.00. The zero-order chi connectivity index (χ0) is 19.0. The van der Waals surface area contributed by atoms with Gasteiger partial charge in [0.2, 0.25) is 0 Å². The Kier molecular flexibility index (Phi) is 4.79. The number of esters is 1. The maximum Gasteiger partial charge on any atom is 0.338 e. The van der Waals surface area contributed by atoms with E-state index in [2.05, 4.69) is 12.2 Å². The number of hydrogen-bond acceptors (Lipinski definition) is 4. The molecule has 0 heterocycles. The first-order chi connectivity index (χ1) is 13.0. The molecule has 4 aliphatic rings. The Morgan fingerprint density at radius 2 is 1.67 bits per heavy atom. The van der Waals surface area contributed by atoms with Crippen molar-refractivity contribution in [3.8, 4) is 0 Å². The summed E-state index contributed by atoms with van der Waals surface area (Å²) in [7, 11) is 0. The van der Waals surface area contributed by atoms with Crippen LogP contribution >= 0.6 is 0 Å². The van der Waals surface area contributed by atoms with Crippen LogP contribution in [0.1, 0.15) is 66.2 Å². The molecule has 0 saturated heterocycles. The Morgan fingerprint density at radius 1 is 1.11 bits per heavy atom. The van der Waals surface area contributed by atoms with E-state index >= 15 is 0 Å². The van der Waals surface area contributed by atoms with Crippen LogP contribution in [0.2, 0.25) is 0 Å². The van der Waals surface area contributed by atoms with E-state index in [4.69, 9.17) is 4.74 Å². The van der Waals surface area contributed by atoms with E-state index in [1.165, 1.54) is 50.7 Å². The Hall–Kier alpha value is -2.17. The minimum atomic E-state index is -0.551. The third-order valence-electron chi connectivity index (χ3n) is 7.00. The SMILES string of the molecule is C[C@@H](NC(=O)COC(=O)c1ccc(C=O)cc1)C12CC3CC(CC(C3)C1)C2. The van der Waals surface area contributed by atoms with Crippen LogP contribution in [0.15, 0.2) is 24.3 Å². The van der Waals surface area contributed by atoms with Crippen molar-refractivity contribution in [3.05, 3.63) is 35.4 Å². The molecular formula is C22H27NO4. The highest BCUT2D eigenvalue weighted by Crippen LogP contribution is 2.61. The molecular weight excluding hydrogens is 342 g/mol. The normalized spacial score (nSPS) is 32.0. The molecule has 4 bridgehead atoms. The van der Waals surface area contributed by atoms with Crippen molar-refractivity contribution in [2.24, 2.45) is 23.2 Å². The molecule has 1 atom stereocenters. The fraction of sp³-hybridized carbons (Fsp3) is 0.591. The summed E-state index contributed by atoms with van der Waals surface area (Å²) < 4.78 is 5.14. The van der Waals surface area contributed by atoms with Crippen molar-refractivity contribution in [2.75, 3.05) is 6.61 Å². The molecule has 1 aromatic rings. The molecule has 27 heavy (non-hydrogen) atoms. The first kappa shape index (κ1) is 18.2. The summed E-state index contributed by atoms with van der Waals surface area (Å²) in [6.45, 7) is 1.84. The second-order valence-electron chi connectivity index (χ2n) is 8.89. The molecule has 5 rings (SSSR count). The lowest BCUT2D eigenvalue weighted by molar-refractivity contribution is -0.128. The van der Waals surface area contributed by atoms with Gasteiger partial charge in [-0.15, -0.1) is 0 Å². The van der Waals surface area contributed by atoms with E-state index in [0.717, 1.165) is 17.8 Å². The van der Waals surface area contributed by atoms with Crippen LogP contribution in [-0.2, 0) is 9.53 Å². The number of ether oxygens (including phenoxy) is 1. The molecule has 5 heteroatoms. The highest BCUT2D eigenvalue weighted by molar-refractivity contribution is 5.92. The molecule has 1 aromatic carbocycles. The van der Waals surface area contributed by atoms with Crippen LogP contribution in [0.25, 0.3) is 0 Å². The van der Waals surface area contributed by atoms with E-state index in [9.17, 15) is 14.4 Å². The van der Waals surface area contributed by atoms with Gasteiger partial charge in [0.25, 0.3) is 5.91 Å². The van der Waals surface area contributed by atoms with Gasteiger partial charge in [-0.25, -0.2) is 4.79 Å². The molecule has 1 N–H and O–H groups in total. The van der Waals surface area contributed by atoms with Crippen molar-refractivity contribution in [1.82, 2.24) is 5.32 Å². The fourth-order valence-corrected chi connectivity index (χ4v) is 6.06. The minimum Gasteiger partial charge on any atom is -0.452 e. The van der Waals surface area contributed by atoms with Crippen molar-refractivity contribution in [3.63, 3.8) is 0 Å². The summed E-state index contributed by atoms with van der Waals surface area (Å²) in [5, 5.41) is 3.10. The Bertz CT molecular complexity index is 704. The summed E-state index contributed by atoms with van der Waals surface area (Å²) in [4.78, 5) is 35.1. The van der Waals surface area contributed by atoms with Crippen LogP contribution in [0.4, 0.5) is 0 Å². The Balaban J connectivity index is 1.30. The molecule has 0 radical (unpaired) electrons. The predicted octanol–water partition coefficient (Wildman–Crippen LogP) is 3.38. The molecule has 0 unspecified atom stereocenters. The Morgan fingerprint density at radius 3 is 2.19 bits per heavy atom. The molecule has 1 amide bonds. The molecule has 5 nitrogen and oxygen atoms in total. The van der Waals surface area contributed by atoms with Gasteiger partial charge in [0, 0.05) is 11.6 Å². The summed E-state index contributed by atoms with van der Waals surface area (Å²) in [6, 6.07) is 6.28. The first-order valence-electron chi connectivity index (χ1n) is 9.99. The van der Waals surface area contributed by atoms with Crippen LogP contribution in [0.5, 0.6) is 0 Å². The maximum absolute atomic E-state index is 12.3. The van der Waals surface area contributed by atoms with E-state index in [1.807, 2.05) is 0 Å². The van der Waals surface area contributed by atoms with Gasteiger partial charge in [-0.2, -0.15) is 0 Å². The van der Waals surface area contributed by atoms with Gasteiger partial charge in [-0.3, -0.25) is 9.59 Å². The maximum atomic E-state index is 12.3. The molecule has 144 valence electrons. The van der Waals surface area contributed by atoms with Crippen molar-refractivity contribution in [1.29, 1.82) is 0 Å². The van der Waals surface area contributed by atoms with Crippen LogP contribution in [-0.4, -0.2) is 30.8 Å². The molecule has 0 spiro atoms. The number of rotatable bonds is 6. The van der Waals surface area contributed by atoms with Crippen molar-refractivity contribution in [2.45, 2.75) is 51.5 Å². The highest BCUT2D eigenvalue weighted by atomic mass is 16.5. The summed E-state index contributed by atoms with van der Waals surface area (Å²) >= 11 is 0. The van der Waals surface area contributed by atoms with Gasteiger partial charge in [-0.1, -0.05) is 12.1 Å². The van der Waals surface area contributed by atoms with Crippen LogP contribution in [0, 0.1) is 23.2 Å². The molecule has 4 aliphatic carbocycles. The highest BCUT2D eigenvalue weighted by Gasteiger charge is 2.53. The topological polar surface area (TPSA) is 72.5 Å². The molecule has 0 aliphatic heterocycles. The Labute approximate surface area is 159 Å². The number of aldehydes is 1. The number of carbonyl (C=O) groups is 3. The molecule has 0 aromatic heterocycles. The van der Waals surface area contributed by atoms with Gasteiger partial charge in [0.05, 0.1) is 5.56 Å². The lowest BCUT2D eigenvalue weighted by Gasteiger charge is -2.59. The molecule has 4 fully saturated rings. The number of amides is 1. The quantitative estimate of drug-likeness (QED) is 0.616. The number of benzene rings is 1. The van der Waals surface area contributed by atoms with Crippen molar-refractivity contribution < 1.29 is 19.1 Å². The van der Waals surface area contributed by atoms with Gasteiger partial charge >= 0.3 is 5.97 Å². The average molecular weight is 369 g/mol. The third kappa shape index (κ3) is 3.64. The van der Waals surface area contributed by atoms with E-state index in [1.54, 1.807) is 12.1 Å². The van der Waals surface area contributed by atoms with Gasteiger partial charge in [0.1, 0.15) is 6.29 Å². The van der Waals surface area contributed by atoms with E-state index in [-0.39, 0.29) is 24.0 Å². The second-order valence-corrected chi connectivity index (χ2v) is 8.89. The average Bonchev–Trinajstić information content (AvgIpc) is 2.65. The number of hydrogen-bond donors (Lipinski definition) is 1. The predicted molar refractivity (Wildman–Crippen MR) is 100 cm³/mol. The molecule has 4 saturated carbocycles. The van der Waals surface area contributed by atoms with Crippen LogP contribution in [0.3, 0.4) is 0 Å². The summed E-state index contributed by atoms with van der Waals surface area (Å²) in [5.74, 6) is 1.72. The summed E-state index contributed by atoms with van der Waals surface area (Å²) in [6.07, 6.45) is 8.52. The largest absolute Gasteiger partial charge is 0.452 e. The summed E-state index contributed by atoms with van der Waals surface area (Å²) in [5.41, 5.74) is 1.07. The lowest BCUT2D eigenvalue weighted by atomic mass is 9.48. The van der Waals surface area contributed by atoms with Crippen molar-refractivity contribution >= 4 is 18.2 Å². The standard InChI is InChI=1S/C22H27NO4/c1-14(22-9-16-6-17(10-22)8-18(7-16)11-22)23-20(25)13-27-21(26)19-4-2-15(12-24)3-5-19/h2-5,12,14,16-18H,6-11,13H2,1H3,(H,23,25)/t14-,16?,17?,18?,22?/m1/s1. The van der Waals surface area contributed by atoms with E-state index in [0.29, 0.717) is 17.4 Å². The smallest absolute Gasteiger partial charge is 0.338 e. The van der Waals surface area contributed by atoms with E-state index < -0.39 is 5.97 Å². The lowest BCUT2D eigenvalue weighted by Crippen LogP contribution is -2.56. The van der Waals surface area contributed by atoms with Crippen LogP contribution < -0.4 is 5.32 Å². The first-order valence-corrected chi connectivity index (χ1v) is 9.99. The fourth-order valence-electron chi connectivity index (χ4n) is 6.06. The second kappa shape index (κ2) is 7.10. The monoisotopic (exact) mass is 369 g/mol. The zero-order valence-electron chi connectivity index (χ0n) is 15.8. The zero-order valence-corrected chi connectivity index (χ0v) is 15.8. The van der Waals surface area contributed by atoms with Gasteiger partial charge < -0.3 is 10.1 Å². The van der Waals surface area contributed by atoms with Gasteiger partial charge in [-0.05, 0) is 80.8 Å². The van der Waals surface area contributed by atoms with Gasteiger partial charge in [0.15, 0.2) is 6.61 Å². The number of nitrogens with one attached hydrogen (secondary N) is 1. The minimum absolute atomic E-state index is 0.115.